The lowest BCUT2D eigenvalue weighted by molar-refractivity contribution is -0.141. The van der Waals surface area contributed by atoms with E-state index in [4.69, 9.17) is 5.26 Å². The zero-order valence-electron chi connectivity index (χ0n) is 10.5. The molecule has 0 saturated heterocycles. The summed E-state index contributed by atoms with van der Waals surface area (Å²) in [7, 11) is 0. The van der Waals surface area contributed by atoms with Crippen molar-refractivity contribution in [3.8, 4) is 11.8 Å². The maximum absolute atomic E-state index is 12.8. The third kappa shape index (κ3) is 3.81. The van der Waals surface area contributed by atoms with Crippen LogP contribution in [0.3, 0.4) is 0 Å². The molecular formula is C12H8F5NO3. The number of carbonyl (C=O) groups is 1. The summed E-state index contributed by atoms with van der Waals surface area (Å²) in [5, 5.41) is 8.81. The fraction of sp³-hybridized carbons (Fsp3) is 0.333. The standard InChI is InChI=1S/C12H8F5NO3/c1-2-20-10(19)8-6(5-18)3-4-7(12(15,16)17)9(8)21-11(13)14/h3-4,11H,2H2,1H3. The zero-order chi connectivity index (χ0) is 16.2. The smallest absolute Gasteiger partial charge is 0.419 e. The Labute approximate surface area is 115 Å². The Balaban J connectivity index is 3.62. The van der Waals surface area contributed by atoms with Gasteiger partial charge in [-0.1, -0.05) is 0 Å². The van der Waals surface area contributed by atoms with Crippen LogP contribution in [0.25, 0.3) is 0 Å². The number of ether oxygens (including phenoxy) is 2. The monoisotopic (exact) mass is 309 g/mol. The van der Waals surface area contributed by atoms with Crippen LogP contribution in [0.5, 0.6) is 5.75 Å². The second kappa shape index (κ2) is 6.39. The summed E-state index contributed by atoms with van der Waals surface area (Å²) in [6.07, 6.45) is -5.04. The normalized spacial score (nSPS) is 11.1. The first-order valence-electron chi connectivity index (χ1n) is 5.48. The van der Waals surface area contributed by atoms with Crippen molar-refractivity contribution in [1.29, 1.82) is 5.26 Å². The summed E-state index contributed by atoms with van der Waals surface area (Å²) in [6, 6.07) is 2.51. The van der Waals surface area contributed by atoms with Gasteiger partial charge in [-0.3, -0.25) is 0 Å². The van der Waals surface area contributed by atoms with Crippen molar-refractivity contribution in [2.75, 3.05) is 6.61 Å². The van der Waals surface area contributed by atoms with Gasteiger partial charge in [0, 0.05) is 0 Å². The molecule has 1 aromatic carbocycles. The Morgan fingerprint density at radius 2 is 2.00 bits per heavy atom. The van der Waals surface area contributed by atoms with Crippen molar-refractivity contribution < 1.29 is 36.2 Å². The van der Waals surface area contributed by atoms with Crippen LogP contribution >= 0.6 is 0 Å². The molecule has 9 heteroatoms. The summed E-state index contributed by atoms with van der Waals surface area (Å²) >= 11 is 0. The molecule has 0 heterocycles. The van der Waals surface area contributed by atoms with E-state index >= 15 is 0 Å². The van der Waals surface area contributed by atoms with Crippen molar-refractivity contribution >= 4 is 5.97 Å². The molecule has 21 heavy (non-hydrogen) atoms. The topological polar surface area (TPSA) is 59.3 Å². The first kappa shape index (κ1) is 16.7. The quantitative estimate of drug-likeness (QED) is 0.632. The Bertz CT molecular complexity index is 577. The van der Waals surface area contributed by atoms with Crippen molar-refractivity contribution in [2.45, 2.75) is 19.7 Å². The molecule has 0 amide bonds. The predicted molar refractivity (Wildman–Crippen MR) is 58.7 cm³/mol. The van der Waals surface area contributed by atoms with Gasteiger partial charge in [0.15, 0.2) is 5.75 Å². The van der Waals surface area contributed by atoms with Gasteiger partial charge < -0.3 is 9.47 Å². The minimum Gasteiger partial charge on any atom is -0.462 e. The second-order valence-electron chi connectivity index (χ2n) is 3.57. The number of benzene rings is 1. The molecule has 0 aliphatic carbocycles. The highest BCUT2D eigenvalue weighted by molar-refractivity contribution is 5.96. The van der Waals surface area contributed by atoms with E-state index in [1.807, 2.05) is 0 Å². The number of esters is 1. The molecule has 0 bridgehead atoms. The average molecular weight is 309 g/mol. The summed E-state index contributed by atoms with van der Waals surface area (Å²) < 4.78 is 71.4. The molecule has 4 nitrogen and oxygen atoms in total. The fourth-order valence-corrected chi connectivity index (χ4v) is 1.52. The minimum absolute atomic E-state index is 0.214. The first-order valence-corrected chi connectivity index (χ1v) is 5.48. The van der Waals surface area contributed by atoms with Crippen molar-refractivity contribution in [3.05, 3.63) is 28.8 Å². The Kier molecular flexibility index (Phi) is 5.07. The van der Waals surface area contributed by atoms with Gasteiger partial charge in [-0.25, -0.2) is 4.79 Å². The number of halogens is 5. The molecule has 0 saturated carbocycles. The lowest BCUT2D eigenvalue weighted by atomic mass is 10.0. The lowest BCUT2D eigenvalue weighted by Gasteiger charge is -2.17. The molecule has 0 N–H and O–H groups in total. The van der Waals surface area contributed by atoms with Crippen molar-refractivity contribution in [1.82, 2.24) is 0 Å². The molecule has 0 spiro atoms. The number of alkyl halides is 5. The summed E-state index contributed by atoms with van der Waals surface area (Å²) in [5.74, 6) is -2.77. The number of nitrogens with zero attached hydrogens (tertiary/aromatic N) is 1. The molecule has 0 atom stereocenters. The van der Waals surface area contributed by atoms with E-state index in [0.717, 1.165) is 0 Å². The number of hydrogen-bond acceptors (Lipinski definition) is 4. The number of hydrogen-bond donors (Lipinski definition) is 0. The van der Waals surface area contributed by atoms with Crippen LogP contribution in [0.1, 0.15) is 28.4 Å². The van der Waals surface area contributed by atoms with Gasteiger partial charge in [0.1, 0.15) is 11.6 Å². The number of rotatable bonds is 4. The van der Waals surface area contributed by atoms with Gasteiger partial charge in [0.25, 0.3) is 0 Å². The zero-order valence-corrected chi connectivity index (χ0v) is 10.5. The maximum Gasteiger partial charge on any atom is 0.419 e. The van der Waals surface area contributed by atoms with Gasteiger partial charge in [-0.15, -0.1) is 0 Å². The lowest BCUT2D eigenvalue weighted by Crippen LogP contribution is -2.17. The fourth-order valence-electron chi connectivity index (χ4n) is 1.52. The van der Waals surface area contributed by atoms with Crippen LogP contribution in [0.4, 0.5) is 22.0 Å². The van der Waals surface area contributed by atoms with Crippen LogP contribution < -0.4 is 4.74 Å². The third-order valence-electron chi connectivity index (χ3n) is 2.27. The molecule has 0 fully saturated rings. The van der Waals surface area contributed by atoms with Crippen LogP contribution in [-0.2, 0) is 10.9 Å². The SMILES string of the molecule is CCOC(=O)c1c(C#N)ccc(C(F)(F)F)c1OC(F)F. The van der Waals surface area contributed by atoms with E-state index in [1.54, 1.807) is 0 Å². The van der Waals surface area contributed by atoms with E-state index in [0.29, 0.717) is 12.1 Å². The van der Waals surface area contributed by atoms with E-state index in [9.17, 15) is 26.7 Å². The third-order valence-corrected chi connectivity index (χ3v) is 2.27. The van der Waals surface area contributed by atoms with E-state index < -0.39 is 41.2 Å². The first-order chi connectivity index (χ1) is 9.72. The Morgan fingerprint density at radius 3 is 2.43 bits per heavy atom. The van der Waals surface area contributed by atoms with Crippen LogP contribution in [0.15, 0.2) is 12.1 Å². The van der Waals surface area contributed by atoms with Crippen LogP contribution in [0, 0.1) is 11.3 Å². The highest BCUT2D eigenvalue weighted by Gasteiger charge is 2.38. The average Bonchev–Trinajstić information content (AvgIpc) is 2.36. The molecule has 0 radical (unpaired) electrons. The molecule has 0 aliphatic heterocycles. The van der Waals surface area contributed by atoms with Gasteiger partial charge in [-0.2, -0.15) is 27.2 Å². The highest BCUT2D eigenvalue weighted by Crippen LogP contribution is 2.40. The van der Waals surface area contributed by atoms with Gasteiger partial charge in [0.2, 0.25) is 0 Å². The summed E-state index contributed by atoms with van der Waals surface area (Å²) in [4.78, 5) is 11.6. The second-order valence-corrected chi connectivity index (χ2v) is 3.57. The van der Waals surface area contributed by atoms with Crippen molar-refractivity contribution in [3.63, 3.8) is 0 Å². The molecular weight excluding hydrogens is 301 g/mol. The van der Waals surface area contributed by atoms with Gasteiger partial charge >= 0.3 is 18.8 Å². The highest BCUT2D eigenvalue weighted by atomic mass is 19.4. The number of carbonyl (C=O) groups excluding carboxylic acids is 1. The van der Waals surface area contributed by atoms with Gasteiger partial charge in [-0.05, 0) is 19.1 Å². The predicted octanol–water partition coefficient (Wildman–Crippen LogP) is 3.36. The number of nitriles is 1. The largest absolute Gasteiger partial charge is 0.462 e. The summed E-state index contributed by atoms with van der Waals surface area (Å²) in [5.41, 5.74) is -3.13. The summed E-state index contributed by atoms with van der Waals surface area (Å²) in [6.45, 7) is -2.45. The molecule has 0 aliphatic rings. The minimum atomic E-state index is -5.04. The van der Waals surface area contributed by atoms with E-state index in [2.05, 4.69) is 9.47 Å². The Morgan fingerprint density at radius 1 is 1.38 bits per heavy atom. The van der Waals surface area contributed by atoms with Crippen molar-refractivity contribution in [2.24, 2.45) is 0 Å². The molecule has 1 rings (SSSR count). The molecule has 114 valence electrons. The van der Waals surface area contributed by atoms with Gasteiger partial charge in [0.05, 0.1) is 17.7 Å². The van der Waals surface area contributed by atoms with E-state index in [-0.39, 0.29) is 6.61 Å². The van der Waals surface area contributed by atoms with Crippen LogP contribution in [-0.4, -0.2) is 19.2 Å². The van der Waals surface area contributed by atoms with E-state index in [1.165, 1.54) is 13.0 Å². The Hall–Kier alpha value is -2.37. The maximum atomic E-state index is 12.8. The molecule has 0 unspecified atom stereocenters. The van der Waals surface area contributed by atoms with Crippen LogP contribution in [0.2, 0.25) is 0 Å². The molecule has 1 aromatic rings. The molecule has 0 aromatic heterocycles.